The third-order valence-electron chi connectivity index (χ3n) is 5.45. The van der Waals surface area contributed by atoms with Crippen molar-refractivity contribution in [3.63, 3.8) is 0 Å². The summed E-state index contributed by atoms with van der Waals surface area (Å²) in [6, 6.07) is 1.13. The highest BCUT2D eigenvalue weighted by atomic mass is 15.3. The van der Waals surface area contributed by atoms with Crippen molar-refractivity contribution in [3.8, 4) is 0 Å². The average Bonchev–Trinajstić information content (AvgIpc) is 2.91. The van der Waals surface area contributed by atoms with Crippen LogP contribution in [0.4, 0.5) is 0 Å². The lowest BCUT2D eigenvalue weighted by molar-refractivity contribution is 0.254. The van der Waals surface area contributed by atoms with Gasteiger partial charge in [0.25, 0.3) is 0 Å². The molecule has 0 amide bonds. The van der Waals surface area contributed by atoms with Crippen LogP contribution < -0.4 is 5.32 Å². The van der Waals surface area contributed by atoms with Crippen LogP contribution in [0, 0.1) is 0 Å². The lowest BCUT2D eigenvalue weighted by atomic mass is 9.95. The van der Waals surface area contributed by atoms with Crippen molar-refractivity contribution in [2.45, 2.75) is 83.3 Å². The summed E-state index contributed by atoms with van der Waals surface area (Å²) in [7, 11) is 0. The summed E-state index contributed by atoms with van der Waals surface area (Å²) in [5.41, 5.74) is 0. The summed E-state index contributed by atoms with van der Waals surface area (Å²) in [6.45, 7) is 6.82. The van der Waals surface area contributed by atoms with Crippen molar-refractivity contribution in [1.29, 1.82) is 0 Å². The molecule has 1 saturated heterocycles. The first kappa shape index (κ1) is 16.9. The topological polar surface area (TPSA) is 46.0 Å². The molecule has 1 aliphatic carbocycles. The van der Waals surface area contributed by atoms with E-state index in [0.29, 0.717) is 12.1 Å². The van der Waals surface area contributed by atoms with Crippen LogP contribution in [0.1, 0.15) is 76.6 Å². The molecule has 23 heavy (non-hydrogen) atoms. The highest BCUT2D eigenvalue weighted by molar-refractivity contribution is 4.91. The second-order valence-electron chi connectivity index (χ2n) is 7.44. The molecule has 1 unspecified atom stereocenters. The van der Waals surface area contributed by atoms with Crippen LogP contribution in [0.15, 0.2) is 6.33 Å². The van der Waals surface area contributed by atoms with Crippen molar-refractivity contribution < 1.29 is 0 Å². The van der Waals surface area contributed by atoms with Gasteiger partial charge in [-0.2, -0.15) is 0 Å². The van der Waals surface area contributed by atoms with Crippen LogP contribution >= 0.6 is 0 Å². The van der Waals surface area contributed by atoms with Crippen molar-refractivity contribution >= 4 is 0 Å². The summed E-state index contributed by atoms with van der Waals surface area (Å²) in [6.07, 6.45) is 14.1. The second-order valence-corrected chi connectivity index (χ2v) is 7.44. The van der Waals surface area contributed by atoms with Crippen molar-refractivity contribution in [1.82, 2.24) is 25.0 Å². The highest BCUT2D eigenvalue weighted by Crippen LogP contribution is 2.28. The van der Waals surface area contributed by atoms with Gasteiger partial charge >= 0.3 is 0 Å². The van der Waals surface area contributed by atoms with Crippen molar-refractivity contribution in [2.24, 2.45) is 0 Å². The zero-order valence-corrected chi connectivity index (χ0v) is 14.7. The predicted molar refractivity (Wildman–Crippen MR) is 93.4 cm³/mol. The number of likely N-dealkylation sites (tertiary alicyclic amines) is 1. The number of nitrogens with zero attached hydrogens (tertiary/aromatic N) is 4. The van der Waals surface area contributed by atoms with E-state index in [9.17, 15) is 0 Å². The van der Waals surface area contributed by atoms with Crippen molar-refractivity contribution in [2.75, 3.05) is 19.6 Å². The molecule has 2 heterocycles. The van der Waals surface area contributed by atoms with Crippen LogP contribution in [0.25, 0.3) is 0 Å². The van der Waals surface area contributed by atoms with Crippen LogP contribution in [-0.2, 0) is 6.54 Å². The first-order valence-electron chi connectivity index (χ1n) is 9.67. The lowest BCUT2D eigenvalue weighted by Gasteiger charge is -2.26. The standard InChI is InChI=1S/C18H33N5/c1-16(14-22-11-7-2-3-8-12-22)19-13-18-21-20-15-23(18)17-9-5-4-6-10-17/h15-17,19H,2-14H2,1H3. The van der Waals surface area contributed by atoms with Gasteiger partial charge in [0, 0.05) is 18.6 Å². The van der Waals surface area contributed by atoms with Gasteiger partial charge < -0.3 is 14.8 Å². The van der Waals surface area contributed by atoms with Crippen LogP contribution in [0.2, 0.25) is 0 Å². The normalized spacial score (nSPS) is 22.8. The Morgan fingerprint density at radius 1 is 1.09 bits per heavy atom. The largest absolute Gasteiger partial charge is 0.313 e. The molecule has 5 heteroatoms. The molecule has 1 aromatic heterocycles. The molecule has 1 aromatic rings. The number of nitrogens with one attached hydrogen (secondary N) is 1. The first-order chi connectivity index (χ1) is 11.3. The molecule has 2 fully saturated rings. The fourth-order valence-electron chi connectivity index (χ4n) is 4.09. The predicted octanol–water partition coefficient (Wildman–Crippen LogP) is 3.14. The van der Waals surface area contributed by atoms with Gasteiger partial charge in [0.15, 0.2) is 0 Å². The number of aromatic nitrogens is 3. The van der Waals surface area contributed by atoms with Gasteiger partial charge in [-0.3, -0.25) is 0 Å². The Bertz CT molecular complexity index is 444. The minimum atomic E-state index is 0.504. The molecule has 3 rings (SSSR count). The van der Waals surface area contributed by atoms with E-state index in [1.807, 2.05) is 6.33 Å². The third-order valence-corrected chi connectivity index (χ3v) is 5.45. The molecular formula is C18H33N5. The van der Waals surface area contributed by atoms with E-state index in [2.05, 4.69) is 31.9 Å². The van der Waals surface area contributed by atoms with Crippen LogP contribution in [0.5, 0.6) is 0 Å². The molecule has 2 aliphatic rings. The number of rotatable bonds is 6. The molecule has 5 nitrogen and oxygen atoms in total. The third kappa shape index (κ3) is 5.01. The van der Waals surface area contributed by atoms with Crippen LogP contribution in [-0.4, -0.2) is 45.3 Å². The molecule has 1 atom stereocenters. The van der Waals surface area contributed by atoms with E-state index >= 15 is 0 Å². The van der Waals surface area contributed by atoms with E-state index in [-0.39, 0.29) is 0 Å². The van der Waals surface area contributed by atoms with Gasteiger partial charge in [0.1, 0.15) is 12.2 Å². The average molecular weight is 319 g/mol. The maximum Gasteiger partial charge on any atom is 0.147 e. The maximum absolute atomic E-state index is 4.36. The Hall–Kier alpha value is -0.940. The van der Waals surface area contributed by atoms with E-state index in [4.69, 9.17) is 0 Å². The SMILES string of the molecule is CC(CN1CCCCCC1)NCc1nncn1C1CCCCC1. The molecule has 1 aliphatic heterocycles. The molecular weight excluding hydrogens is 286 g/mol. The Labute approximate surface area is 140 Å². The summed E-state index contributed by atoms with van der Waals surface area (Å²) >= 11 is 0. The van der Waals surface area contributed by atoms with E-state index in [1.54, 1.807) is 0 Å². The fraction of sp³-hybridized carbons (Fsp3) is 0.889. The first-order valence-corrected chi connectivity index (χ1v) is 9.67. The lowest BCUT2D eigenvalue weighted by Crippen LogP contribution is -2.39. The molecule has 1 saturated carbocycles. The Morgan fingerprint density at radius 2 is 1.78 bits per heavy atom. The van der Waals surface area contributed by atoms with Gasteiger partial charge in [-0.15, -0.1) is 10.2 Å². The van der Waals surface area contributed by atoms with E-state index in [0.717, 1.165) is 18.9 Å². The van der Waals surface area contributed by atoms with Gasteiger partial charge in [0.05, 0.1) is 6.54 Å². The van der Waals surface area contributed by atoms with Gasteiger partial charge in [0.2, 0.25) is 0 Å². The van der Waals surface area contributed by atoms with E-state index < -0.39 is 0 Å². The summed E-state index contributed by atoms with van der Waals surface area (Å²) in [5, 5.41) is 12.2. The minimum absolute atomic E-state index is 0.504. The Balaban J connectivity index is 1.47. The minimum Gasteiger partial charge on any atom is -0.313 e. The summed E-state index contributed by atoms with van der Waals surface area (Å²) in [5.74, 6) is 1.11. The molecule has 1 N–H and O–H groups in total. The zero-order chi connectivity index (χ0) is 15.9. The van der Waals surface area contributed by atoms with E-state index in [1.165, 1.54) is 70.9 Å². The second kappa shape index (κ2) is 8.78. The zero-order valence-electron chi connectivity index (χ0n) is 14.7. The molecule has 130 valence electrons. The number of hydrogen-bond donors (Lipinski definition) is 1. The maximum atomic E-state index is 4.36. The Morgan fingerprint density at radius 3 is 2.52 bits per heavy atom. The number of hydrogen-bond acceptors (Lipinski definition) is 4. The van der Waals surface area contributed by atoms with Crippen molar-refractivity contribution in [3.05, 3.63) is 12.2 Å². The monoisotopic (exact) mass is 319 g/mol. The molecule has 0 bridgehead atoms. The van der Waals surface area contributed by atoms with Gasteiger partial charge in [-0.05, 0) is 45.7 Å². The molecule has 0 aromatic carbocycles. The highest BCUT2D eigenvalue weighted by Gasteiger charge is 2.19. The van der Waals surface area contributed by atoms with Gasteiger partial charge in [-0.1, -0.05) is 32.1 Å². The van der Waals surface area contributed by atoms with Crippen LogP contribution in [0.3, 0.4) is 0 Å². The smallest absolute Gasteiger partial charge is 0.147 e. The Kier molecular flexibility index (Phi) is 6.46. The van der Waals surface area contributed by atoms with Gasteiger partial charge in [-0.25, -0.2) is 0 Å². The molecule has 0 spiro atoms. The summed E-state index contributed by atoms with van der Waals surface area (Å²) < 4.78 is 2.32. The quantitative estimate of drug-likeness (QED) is 0.875. The fourth-order valence-corrected chi connectivity index (χ4v) is 4.09. The molecule has 0 radical (unpaired) electrons. The summed E-state index contributed by atoms with van der Waals surface area (Å²) in [4.78, 5) is 2.62.